The molecule has 4 heteroatoms. The van der Waals surface area contributed by atoms with Gasteiger partial charge >= 0.3 is 5.97 Å². The summed E-state index contributed by atoms with van der Waals surface area (Å²) in [6, 6.07) is 0. The van der Waals surface area contributed by atoms with E-state index < -0.39 is 11.5 Å². The summed E-state index contributed by atoms with van der Waals surface area (Å²) >= 11 is 1.67. The van der Waals surface area contributed by atoms with Crippen LogP contribution in [0, 0.1) is 0 Å². The highest BCUT2D eigenvalue weighted by atomic mass is 32.2. The lowest BCUT2D eigenvalue weighted by Gasteiger charge is -2.24. The van der Waals surface area contributed by atoms with Crippen LogP contribution in [0.2, 0.25) is 0 Å². The summed E-state index contributed by atoms with van der Waals surface area (Å²) in [5.41, 5.74) is 5.05. The molecule has 0 radical (unpaired) electrons. The van der Waals surface area contributed by atoms with E-state index in [4.69, 9.17) is 5.73 Å². The van der Waals surface area contributed by atoms with Gasteiger partial charge in [-0.25, -0.2) is 0 Å². The highest BCUT2D eigenvalue weighted by molar-refractivity contribution is 7.98. The van der Waals surface area contributed by atoms with Crippen LogP contribution in [0.15, 0.2) is 0 Å². The molecule has 0 saturated heterocycles. The van der Waals surface area contributed by atoms with Gasteiger partial charge in [-0.15, -0.1) is 0 Å². The van der Waals surface area contributed by atoms with E-state index >= 15 is 0 Å². The SMILES string of the molecule is CCCCCCCCCCCCCCCC[C@](N)(CCSC)C(=O)O. The lowest BCUT2D eigenvalue weighted by Crippen LogP contribution is -2.48. The molecule has 0 aromatic carbocycles. The molecule has 0 aromatic rings. The molecule has 0 amide bonds. The second kappa shape index (κ2) is 17.2. The summed E-state index contributed by atoms with van der Waals surface area (Å²) in [4.78, 5) is 11.4. The maximum Gasteiger partial charge on any atom is 0.323 e. The Bertz CT molecular complexity index is 312. The number of carboxylic acids is 1. The number of unbranched alkanes of at least 4 members (excludes halogenated alkanes) is 13. The lowest BCUT2D eigenvalue weighted by atomic mass is 9.90. The van der Waals surface area contributed by atoms with Crippen molar-refractivity contribution < 1.29 is 9.90 Å². The summed E-state index contributed by atoms with van der Waals surface area (Å²) in [7, 11) is 0. The topological polar surface area (TPSA) is 63.3 Å². The molecule has 0 fully saturated rings. The number of carbonyl (C=O) groups is 1. The number of thioether (sulfide) groups is 1. The molecule has 0 rings (SSSR count). The van der Waals surface area contributed by atoms with Crippen LogP contribution in [0.3, 0.4) is 0 Å². The zero-order valence-electron chi connectivity index (χ0n) is 16.9. The van der Waals surface area contributed by atoms with Crippen molar-refractivity contribution in [3.8, 4) is 0 Å². The first-order chi connectivity index (χ1) is 12.1. The summed E-state index contributed by atoms with van der Waals surface area (Å²) in [6.45, 7) is 2.27. The normalized spacial score (nSPS) is 13.7. The number of hydrogen-bond donors (Lipinski definition) is 2. The Kier molecular flexibility index (Phi) is 17.1. The quantitative estimate of drug-likeness (QED) is 0.257. The maximum absolute atomic E-state index is 11.4. The average molecular weight is 374 g/mol. The highest BCUT2D eigenvalue weighted by Crippen LogP contribution is 2.20. The predicted molar refractivity (Wildman–Crippen MR) is 112 cm³/mol. The van der Waals surface area contributed by atoms with E-state index in [-0.39, 0.29) is 0 Å². The second-order valence-corrected chi connectivity index (χ2v) is 8.54. The van der Waals surface area contributed by atoms with Gasteiger partial charge in [0, 0.05) is 0 Å². The molecule has 0 aromatic heterocycles. The van der Waals surface area contributed by atoms with E-state index in [9.17, 15) is 9.90 Å². The zero-order chi connectivity index (χ0) is 18.8. The molecule has 0 aliphatic rings. The van der Waals surface area contributed by atoms with Crippen LogP contribution in [0.1, 0.15) is 110 Å². The third-order valence-electron chi connectivity index (χ3n) is 5.15. The molecule has 3 nitrogen and oxygen atoms in total. The number of rotatable bonds is 19. The van der Waals surface area contributed by atoms with E-state index in [1.165, 1.54) is 77.0 Å². The number of nitrogens with two attached hydrogens (primary N) is 1. The molecule has 0 aliphatic carbocycles. The first-order valence-corrected chi connectivity index (χ1v) is 12.0. The summed E-state index contributed by atoms with van der Waals surface area (Å²) in [5, 5.41) is 9.33. The van der Waals surface area contributed by atoms with Crippen molar-refractivity contribution in [2.45, 2.75) is 115 Å². The molecule has 3 N–H and O–H groups in total. The molecule has 0 bridgehead atoms. The van der Waals surface area contributed by atoms with E-state index in [0.717, 1.165) is 18.6 Å². The summed E-state index contributed by atoms with van der Waals surface area (Å²) in [5.74, 6) is -0.0160. The standard InChI is InChI=1S/C21H43NO2S/c1-3-4-5-6-7-8-9-10-11-12-13-14-15-16-17-21(22,20(23)24)18-19-25-2/h3-19,22H2,1-2H3,(H,23,24)/t21-/m0/s1. The van der Waals surface area contributed by atoms with E-state index in [2.05, 4.69) is 6.92 Å². The van der Waals surface area contributed by atoms with Crippen LogP contribution in [0.4, 0.5) is 0 Å². The van der Waals surface area contributed by atoms with Gasteiger partial charge in [0.25, 0.3) is 0 Å². The first kappa shape index (κ1) is 24.8. The molecular formula is C21H43NO2S. The molecule has 0 saturated carbocycles. The number of carboxylic acid groups (broad SMARTS) is 1. The van der Waals surface area contributed by atoms with Crippen LogP contribution < -0.4 is 5.73 Å². The van der Waals surface area contributed by atoms with Gasteiger partial charge in [0.15, 0.2) is 0 Å². The van der Waals surface area contributed by atoms with Crippen molar-refractivity contribution >= 4 is 17.7 Å². The van der Waals surface area contributed by atoms with Crippen LogP contribution >= 0.6 is 11.8 Å². The Morgan fingerprint density at radius 2 is 1.20 bits per heavy atom. The van der Waals surface area contributed by atoms with Crippen molar-refractivity contribution in [2.24, 2.45) is 5.73 Å². The first-order valence-electron chi connectivity index (χ1n) is 10.6. The second-order valence-electron chi connectivity index (χ2n) is 7.55. The summed E-state index contributed by atoms with van der Waals surface area (Å²) in [6.07, 6.45) is 21.6. The van der Waals surface area contributed by atoms with Gasteiger partial charge in [-0.2, -0.15) is 11.8 Å². The molecule has 0 aliphatic heterocycles. The Labute approximate surface area is 160 Å². The van der Waals surface area contributed by atoms with E-state index in [1.807, 2.05) is 6.26 Å². The van der Waals surface area contributed by atoms with Crippen LogP contribution in [-0.4, -0.2) is 28.6 Å². The third kappa shape index (κ3) is 14.6. The Balaban J connectivity index is 3.41. The van der Waals surface area contributed by atoms with Crippen molar-refractivity contribution in [2.75, 3.05) is 12.0 Å². The van der Waals surface area contributed by atoms with E-state index in [0.29, 0.717) is 12.8 Å². The van der Waals surface area contributed by atoms with Crippen molar-refractivity contribution in [1.29, 1.82) is 0 Å². The number of aliphatic carboxylic acids is 1. The highest BCUT2D eigenvalue weighted by Gasteiger charge is 2.32. The molecule has 0 unspecified atom stereocenters. The van der Waals surface area contributed by atoms with Crippen molar-refractivity contribution in [3.63, 3.8) is 0 Å². The minimum Gasteiger partial charge on any atom is -0.480 e. The molecule has 0 spiro atoms. The summed E-state index contributed by atoms with van der Waals surface area (Å²) < 4.78 is 0. The molecule has 150 valence electrons. The Morgan fingerprint density at radius 1 is 0.800 bits per heavy atom. The van der Waals surface area contributed by atoms with Gasteiger partial charge in [0.2, 0.25) is 0 Å². The van der Waals surface area contributed by atoms with Gasteiger partial charge in [0.1, 0.15) is 5.54 Å². The molecule has 25 heavy (non-hydrogen) atoms. The maximum atomic E-state index is 11.4. The van der Waals surface area contributed by atoms with Crippen molar-refractivity contribution in [1.82, 2.24) is 0 Å². The van der Waals surface area contributed by atoms with Crippen LogP contribution in [-0.2, 0) is 4.79 Å². The third-order valence-corrected chi connectivity index (χ3v) is 5.77. The van der Waals surface area contributed by atoms with E-state index in [1.54, 1.807) is 11.8 Å². The zero-order valence-corrected chi connectivity index (χ0v) is 17.7. The predicted octanol–water partition coefficient (Wildman–Crippen LogP) is 6.39. The smallest absolute Gasteiger partial charge is 0.323 e. The molecule has 1 atom stereocenters. The Morgan fingerprint density at radius 3 is 1.56 bits per heavy atom. The van der Waals surface area contributed by atoms with Gasteiger partial charge < -0.3 is 10.8 Å². The van der Waals surface area contributed by atoms with Crippen LogP contribution in [0.5, 0.6) is 0 Å². The largest absolute Gasteiger partial charge is 0.480 e. The van der Waals surface area contributed by atoms with Crippen molar-refractivity contribution in [3.05, 3.63) is 0 Å². The van der Waals surface area contributed by atoms with Gasteiger partial charge in [-0.3, -0.25) is 4.79 Å². The fourth-order valence-corrected chi connectivity index (χ4v) is 3.83. The van der Waals surface area contributed by atoms with Crippen LogP contribution in [0.25, 0.3) is 0 Å². The van der Waals surface area contributed by atoms with Gasteiger partial charge in [0.05, 0.1) is 0 Å². The number of hydrogen-bond acceptors (Lipinski definition) is 3. The van der Waals surface area contributed by atoms with Gasteiger partial charge in [-0.1, -0.05) is 96.8 Å². The van der Waals surface area contributed by atoms with Gasteiger partial charge in [-0.05, 0) is 24.9 Å². The monoisotopic (exact) mass is 373 g/mol. The fourth-order valence-electron chi connectivity index (χ4n) is 3.26. The molecular weight excluding hydrogens is 330 g/mol. The lowest BCUT2D eigenvalue weighted by molar-refractivity contribution is -0.143. The average Bonchev–Trinajstić information content (AvgIpc) is 2.60. The Hall–Kier alpha value is -0.220. The fraction of sp³-hybridized carbons (Fsp3) is 0.952. The minimum absolute atomic E-state index is 0.571. The molecule has 0 heterocycles. The minimum atomic E-state index is -1.01.